The number of alkyl halides is 3. The molecular formula is C19H18ClF4N3O2. The lowest BCUT2D eigenvalue weighted by atomic mass is 10.1. The van der Waals surface area contributed by atoms with Gasteiger partial charge >= 0.3 is 6.18 Å². The van der Waals surface area contributed by atoms with Crippen molar-refractivity contribution in [1.29, 1.82) is 0 Å². The lowest BCUT2D eigenvalue weighted by Crippen LogP contribution is -2.33. The first kappa shape index (κ1) is 22.5. The molecule has 0 fully saturated rings. The summed E-state index contributed by atoms with van der Waals surface area (Å²) in [5.74, 6) is -2.33. The fourth-order valence-electron chi connectivity index (χ4n) is 2.39. The second-order valence-corrected chi connectivity index (χ2v) is 6.65. The first-order valence-corrected chi connectivity index (χ1v) is 8.79. The van der Waals surface area contributed by atoms with Gasteiger partial charge in [0.2, 0.25) is 5.91 Å². The van der Waals surface area contributed by atoms with Crippen LogP contribution in [-0.4, -0.2) is 31.1 Å². The van der Waals surface area contributed by atoms with Gasteiger partial charge in [0.15, 0.2) is 0 Å². The molecule has 0 atom stereocenters. The number of rotatable bonds is 6. The summed E-state index contributed by atoms with van der Waals surface area (Å²) in [5.41, 5.74) is 1.11. The van der Waals surface area contributed by atoms with E-state index in [1.54, 1.807) is 30.4 Å². The molecule has 0 saturated carbocycles. The maximum absolute atomic E-state index is 14.1. The van der Waals surface area contributed by atoms with E-state index in [2.05, 4.69) is 10.6 Å². The lowest BCUT2D eigenvalue weighted by molar-refractivity contribution is -0.123. The van der Waals surface area contributed by atoms with Gasteiger partial charge in [0.05, 0.1) is 6.54 Å². The molecular weight excluding hydrogens is 414 g/mol. The monoisotopic (exact) mass is 431 g/mol. The highest BCUT2D eigenvalue weighted by Crippen LogP contribution is 2.24. The zero-order chi connectivity index (χ0) is 21.8. The molecule has 0 radical (unpaired) electrons. The summed E-state index contributed by atoms with van der Waals surface area (Å²) in [6, 6.07) is 7.02. The number of hydrogen-bond donors (Lipinski definition) is 3. The second kappa shape index (κ2) is 9.13. The Hall–Kier alpha value is -2.81. The van der Waals surface area contributed by atoms with E-state index in [1.807, 2.05) is 0 Å². The van der Waals surface area contributed by atoms with Crippen molar-refractivity contribution in [3.63, 3.8) is 0 Å². The lowest BCUT2D eigenvalue weighted by Gasteiger charge is -2.14. The van der Waals surface area contributed by atoms with Crippen molar-refractivity contribution in [1.82, 2.24) is 5.32 Å². The molecule has 2 aromatic rings. The van der Waals surface area contributed by atoms with Gasteiger partial charge in [-0.25, -0.2) is 4.39 Å². The topological polar surface area (TPSA) is 70.2 Å². The SMILES string of the molecule is Cc1c(F)cc(C(=O)NCC(F)(F)F)cc1NCC(=O)Nc1cccc(Cl)c1C. The predicted octanol–water partition coefficient (Wildman–Crippen LogP) is 4.44. The highest BCUT2D eigenvalue weighted by atomic mass is 35.5. The highest BCUT2D eigenvalue weighted by molar-refractivity contribution is 6.31. The number of nitrogens with one attached hydrogen (secondary N) is 3. The average Bonchev–Trinajstić information content (AvgIpc) is 2.64. The molecule has 0 aliphatic carbocycles. The minimum absolute atomic E-state index is 0.111. The summed E-state index contributed by atoms with van der Waals surface area (Å²) in [6.07, 6.45) is -4.59. The van der Waals surface area contributed by atoms with Crippen molar-refractivity contribution in [2.24, 2.45) is 0 Å². The molecule has 5 nitrogen and oxygen atoms in total. The van der Waals surface area contributed by atoms with Gasteiger partial charge in [-0.1, -0.05) is 17.7 Å². The van der Waals surface area contributed by atoms with Crippen LogP contribution in [0.1, 0.15) is 21.5 Å². The first-order valence-electron chi connectivity index (χ1n) is 8.42. The largest absolute Gasteiger partial charge is 0.405 e. The Morgan fingerprint density at radius 2 is 1.76 bits per heavy atom. The molecule has 156 valence electrons. The highest BCUT2D eigenvalue weighted by Gasteiger charge is 2.28. The van der Waals surface area contributed by atoms with Gasteiger partial charge in [0.1, 0.15) is 12.4 Å². The molecule has 0 spiro atoms. The molecule has 2 amide bonds. The van der Waals surface area contributed by atoms with E-state index in [1.165, 1.54) is 13.0 Å². The van der Waals surface area contributed by atoms with Crippen molar-refractivity contribution < 1.29 is 27.2 Å². The zero-order valence-electron chi connectivity index (χ0n) is 15.5. The van der Waals surface area contributed by atoms with Gasteiger partial charge in [-0.15, -0.1) is 0 Å². The number of carbonyl (C=O) groups is 2. The molecule has 0 aromatic heterocycles. The van der Waals surface area contributed by atoms with Crippen LogP contribution < -0.4 is 16.0 Å². The molecule has 0 bridgehead atoms. The van der Waals surface area contributed by atoms with E-state index in [9.17, 15) is 27.2 Å². The third-order valence-corrected chi connectivity index (χ3v) is 4.45. The fraction of sp³-hybridized carbons (Fsp3) is 0.263. The predicted molar refractivity (Wildman–Crippen MR) is 103 cm³/mol. The number of halogens is 5. The molecule has 0 aliphatic heterocycles. The van der Waals surface area contributed by atoms with Crippen LogP contribution >= 0.6 is 11.6 Å². The van der Waals surface area contributed by atoms with E-state index in [0.717, 1.165) is 6.07 Å². The maximum Gasteiger partial charge on any atom is 0.405 e. The number of benzene rings is 2. The third kappa shape index (κ3) is 6.35. The summed E-state index contributed by atoms with van der Waals surface area (Å²) in [4.78, 5) is 24.0. The Bertz CT molecular complexity index is 932. The van der Waals surface area contributed by atoms with Crippen molar-refractivity contribution in [3.8, 4) is 0 Å². The molecule has 0 aliphatic rings. The zero-order valence-corrected chi connectivity index (χ0v) is 16.3. The molecule has 0 heterocycles. The number of amides is 2. The van der Waals surface area contributed by atoms with Gasteiger partial charge in [0.25, 0.3) is 5.91 Å². The molecule has 29 heavy (non-hydrogen) atoms. The quantitative estimate of drug-likeness (QED) is 0.592. The van der Waals surface area contributed by atoms with Crippen molar-refractivity contribution in [2.75, 3.05) is 23.7 Å². The molecule has 3 N–H and O–H groups in total. The average molecular weight is 432 g/mol. The van der Waals surface area contributed by atoms with Gasteiger partial charge in [-0.05, 0) is 43.7 Å². The van der Waals surface area contributed by atoms with E-state index >= 15 is 0 Å². The summed E-state index contributed by atoms with van der Waals surface area (Å²) in [7, 11) is 0. The smallest absolute Gasteiger partial charge is 0.376 e. The van der Waals surface area contributed by atoms with E-state index < -0.39 is 30.4 Å². The van der Waals surface area contributed by atoms with Crippen LogP contribution in [0.25, 0.3) is 0 Å². The van der Waals surface area contributed by atoms with Crippen LogP contribution in [0.4, 0.5) is 28.9 Å². The van der Waals surface area contributed by atoms with Crippen LogP contribution in [0.5, 0.6) is 0 Å². The third-order valence-electron chi connectivity index (χ3n) is 4.04. The Balaban J connectivity index is 2.08. The van der Waals surface area contributed by atoms with Gasteiger partial charge < -0.3 is 16.0 Å². The summed E-state index contributed by atoms with van der Waals surface area (Å²) in [5, 5.41) is 7.48. The van der Waals surface area contributed by atoms with Crippen LogP contribution in [-0.2, 0) is 4.79 Å². The fourth-order valence-corrected chi connectivity index (χ4v) is 2.56. The van der Waals surface area contributed by atoms with E-state index in [0.29, 0.717) is 16.3 Å². The minimum atomic E-state index is -4.59. The number of anilines is 2. The van der Waals surface area contributed by atoms with Crippen molar-refractivity contribution in [2.45, 2.75) is 20.0 Å². The standard InChI is InChI=1S/C19H18ClF4N3O2/c1-10-13(20)4-3-5-15(10)27-17(28)8-25-16-7-12(6-14(21)11(16)2)18(29)26-9-19(22,23)24/h3-7,25H,8-9H2,1-2H3,(H,26,29)(H,27,28). The molecule has 0 unspecified atom stereocenters. The van der Waals surface area contributed by atoms with Crippen LogP contribution in [0.3, 0.4) is 0 Å². The normalized spacial score (nSPS) is 11.1. The Morgan fingerprint density at radius 1 is 1.07 bits per heavy atom. The molecule has 2 aromatic carbocycles. The van der Waals surface area contributed by atoms with E-state index in [4.69, 9.17) is 11.6 Å². The van der Waals surface area contributed by atoms with Gasteiger partial charge in [-0.3, -0.25) is 9.59 Å². The Labute approximate surface area is 169 Å². The van der Waals surface area contributed by atoms with Crippen LogP contribution in [0.15, 0.2) is 30.3 Å². The molecule has 2 rings (SSSR count). The van der Waals surface area contributed by atoms with Crippen LogP contribution in [0.2, 0.25) is 5.02 Å². The van der Waals surface area contributed by atoms with E-state index in [-0.39, 0.29) is 23.4 Å². The van der Waals surface area contributed by atoms with Gasteiger partial charge in [0, 0.05) is 27.5 Å². The molecule has 10 heteroatoms. The van der Waals surface area contributed by atoms with Crippen molar-refractivity contribution in [3.05, 3.63) is 57.9 Å². The maximum atomic E-state index is 14.1. The van der Waals surface area contributed by atoms with Gasteiger partial charge in [-0.2, -0.15) is 13.2 Å². The first-order chi connectivity index (χ1) is 13.5. The Morgan fingerprint density at radius 3 is 2.41 bits per heavy atom. The summed E-state index contributed by atoms with van der Waals surface area (Å²) < 4.78 is 50.8. The van der Waals surface area contributed by atoms with Crippen LogP contribution in [0, 0.1) is 19.7 Å². The second-order valence-electron chi connectivity index (χ2n) is 6.24. The minimum Gasteiger partial charge on any atom is -0.376 e. The summed E-state index contributed by atoms with van der Waals surface area (Å²) in [6.45, 7) is 1.34. The number of hydrogen-bond acceptors (Lipinski definition) is 3. The number of carbonyl (C=O) groups excluding carboxylic acids is 2. The Kier molecular flexibility index (Phi) is 7.07. The molecule has 0 saturated heterocycles. The van der Waals surface area contributed by atoms with Crippen molar-refractivity contribution >= 4 is 34.8 Å². The summed E-state index contributed by atoms with van der Waals surface area (Å²) >= 11 is 5.99.